The number of nitrogens with zero attached hydrogens (tertiary/aromatic N) is 2. The normalized spacial score (nSPS) is 19.3. The number of carbonyl (C=O) groups excluding carboxylic acids is 1. The second-order valence-electron chi connectivity index (χ2n) is 6.08. The lowest BCUT2D eigenvalue weighted by Crippen LogP contribution is -2.45. The van der Waals surface area contributed by atoms with Crippen LogP contribution in [0, 0.1) is 0 Å². The fourth-order valence-electron chi connectivity index (χ4n) is 3.07. The van der Waals surface area contributed by atoms with Gasteiger partial charge in [0.2, 0.25) is 0 Å². The number of hydrogen-bond donors (Lipinski definition) is 1. The van der Waals surface area contributed by atoms with Gasteiger partial charge in [-0.3, -0.25) is 4.79 Å². The number of likely N-dealkylation sites (tertiary alicyclic amines) is 1. The Hall–Kier alpha value is -0.810. The zero-order valence-corrected chi connectivity index (χ0v) is 14.8. The van der Waals surface area contributed by atoms with E-state index in [1.165, 1.54) is 6.42 Å². The average molecular weight is 356 g/mol. The molecular formula is C16H26BrN3O. The van der Waals surface area contributed by atoms with Crippen molar-refractivity contribution in [2.75, 3.05) is 20.1 Å². The molecule has 0 bridgehead atoms. The third kappa shape index (κ3) is 3.89. The number of piperidine rings is 1. The fraction of sp³-hybridized carbons (Fsp3) is 0.688. The van der Waals surface area contributed by atoms with Gasteiger partial charge in [0.15, 0.2) is 0 Å². The van der Waals surface area contributed by atoms with Gasteiger partial charge in [-0.2, -0.15) is 0 Å². The molecule has 0 saturated carbocycles. The molecule has 0 aromatic carbocycles. The van der Waals surface area contributed by atoms with Crippen LogP contribution in [-0.4, -0.2) is 41.6 Å². The third-order valence-electron chi connectivity index (χ3n) is 4.21. The second-order valence-corrected chi connectivity index (χ2v) is 7.00. The summed E-state index contributed by atoms with van der Waals surface area (Å²) in [4.78, 5) is 15.1. The lowest BCUT2D eigenvalue weighted by Gasteiger charge is -2.36. The van der Waals surface area contributed by atoms with Crippen molar-refractivity contribution in [3.05, 3.63) is 22.4 Å². The first-order valence-electron chi connectivity index (χ1n) is 7.87. The Labute approximate surface area is 136 Å². The highest BCUT2D eigenvalue weighted by molar-refractivity contribution is 9.10. The Balaban J connectivity index is 2.20. The van der Waals surface area contributed by atoms with E-state index in [9.17, 15) is 4.79 Å². The molecule has 0 aliphatic carbocycles. The van der Waals surface area contributed by atoms with Crippen molar-refractivity contribution < 1.29 is 4.79 Å². The molecule has 1 aliphatic rings. The van der Waals surface area contributed by atoms with Gasteiger partial charge < -0.3 is 14.8 Å². The molecule has 2 rings (SSSR count). The van der Waals surface area contributed by atoms with Crippen LogP contribution >= 0.6 is 15.9 Å². The number of aromatic nitrogens is 1. The van der Waals surface area contributed by atoms with Gasteiger partial charge in [-0.1, -0.05) is 0 Å². The minimum atomic E-state index is 0.176. The molecule has 118 valence electrons. The minimum Gasteiger partial charge on any atom is -0.340 e. The first-order valence-corrected chi connectivity index (χ1v) is 8.66. The van der Waals surface area contributed by atoms with Crippen LogP contribution in [0.3, 0.4) is 0 Å². The number of hydrogen-bond acceptors (Lipinski definition) is 2. The third-order valence-corrected chi connectivity index (χ3v) is 4.64. The second kappa shape index (κ2) is 7.45. The van der Waals surface area contributed by atoms with Crippen molar-refractivity contribution in [2.24, 2.45) is 0 Å². The monoisotopic (exact) mass is 355 g/mol. The molecule has 1 atom stereocenters. The highest BCUT2D eigenvalue weighted by Crippen LogP contribution is 2.25. The highest BCUT2D eigenvalue weighted by Gasteiger charge is 2.29. The van der Waals surface area contributed by atoms with E-state index in [-0.39, 0.29) is 11.9 Å². The molecule has 0 spiro atoms. The summed E-state index contributed by atoms with van der Waals surface area (Å²) < 4.78 is 3.04. The summed E-state index contributed by atoms with van der Waals surface area (Å²) >= 11 is 3.50. The maximum absolute atomic E-state index is 13.0. The molecule has 2 heterocycles. The van der Waals surface area contributed by atoms with Gasteiger partial charge in [0, 0.05) is 29.3 Å². The molecule has 1 amide bonds. The molecular weight excluding hydrogens is 330 g/mol. The Morgan fingerprint density at radius 3 is 2.90 bits per heavy atom. The van der Waals surface area contributed by atoms with Gasteiger partial charge in [0.25, 0.3) is 5.91 Å². The zero-order chi connectivity index (χ0) is 15.4. The minimum absolute atomic E-state index is 0.176. The van der Waals surface area contributed by atoms with E-state index < -0.39 is 0 Å². The van der Waals surface area contributed by atoms with Crippen molar-refractivity contribution in [2.45, 2.75) is 51.6 Å². The molecule has 1 aromatic rings. The van der Waals surface area contributed by atoms with E-state index in [0.29, 0.717) is 6.04 Å². The zero-order valence-electron chi connectivity index (χ0n) is 13.2. The predicted octanol–water partition coefficient (Wildman–Crippen LogP) is 3.44. The maximum Gasteiger partial charge on any atom is 0.270 e. The van der Waals surface area contributed by atoms with Gasteiger partial charge in [-0.15, -0.1) is 0 Å². The van der Waals surface area contributed by atoms with E-state index in [4.69, 9.17) is 0 Å². The summed E-state index contributed by atoms with van der Waals surface area (Å²) in [6.45, 7) is 6.06. The van der Waals surface area contributed by atoms with E-state index in [1.54, 1.807) is 0 Å². The number of amides is 1. The van der Waals surface area contributed by atoms with Gasteiger partial charge in [0.05, 0.1) is 0 Å². The van der Waals surface area contributed by atoms with Crippen molar-refractivity contribution in [3.8, 4) is 0 Å². The van der Waals surface area contributed by atoms with Crippen LogP contribution in [0.2, 0.25) is 0 Å². The topological polar surface area (TPSA) is 37.3 Å². The van der Waals surface area contributed by atoms with E-state index >= 15 is 0 Å². The molecule has 1 N–H and O–H groups in total. The van der Waals surface area contributed by atoms with E-state index in [2.05, 4.69) is 44.6 Å². The van der Waals surface area contributed by atoms with Crippen LogP contribution in [0.25, 0.3) is 0 Å². The Bertz CT molecular complexity index is 484. The van der Waals surface area contributed by atoms with Crippen LogP contribution in [0.15, 0.2) is 16.7 Å². The molecule has 1 saturated heterocycles. The smallest absolute Gasteiger partial charge is 0.270 e. The molecule has 21 heavy (non-hydrogen) atoms. The van der Waals surface area contributed by atoms with Crippen molar-refractivity contribution in [1.29, 1.82) is 0 Å². The summed E-state index contributed by atoms with van der Waals surface area (Å²) in [6.07, 6.45) is 6.51. The van der Waals surface area contributed by atoms with E-state index in [1.807, 2.05) is 19.3 Å². The molecule has 1 aromatic heterocycles. The molecule has 1 unspecified atom stereocenters. The molecule has 4 nitrogen and oxygen atoms in total. The summed E-state index contributed by atoms with van der Waals surface area (Å²) in [5, 5.41) is 3.20. The average Bonchev–Trinajstić information content (AvgIpc) is 2.87. The van der Waals surface area contributed by atoms with Crippen LogP contribution in [0.1, 0.15) is 56.1 Å². The summed E-state index contributed by atoms with van der Waals surface area (Å²) in [7, 11) is 1.97. The fourth-order valence-corrected chi connectivity index (χ4v) is 3.51. The highest BCUT2D eigenvalue weighted by atomic mass is 79.9. The number of nitrogens with one attached hydrogen (secondary N) is 1. The lowest BCUT2D eigenvalue weighted by molar-refractivity contribution is 0.0590. The SMILES string of the molecule is CNCCC1CCCCN1C(=O)c1cc(Br)cn1C(C)C. The van der Waals surface area contributed by atoms with Crippen LogP contribution in [0.4, 0.5) is 0 Å². The first-order chi connectivity index (χ1) is 10.0. The quantitative estimate of drug-likeness (QED) is 0.878. The number of carbonyl (C=O) groups is 1. The standard InChI is InChI=1S/C16H26BrN3O/c1-12(2)20-11-13(17)10-15(20)16(21)19-9-5-4-6-14(19)7-8-18-3/h10-12,14,18H,4-9H2,1-3H3. The maximum atomic E-state index is 13.0. The summed E-state index contributed by atoms with van der Waals surface area (Å²) in [5.74, 6) is 0.176. The summed E-state index contributed by atoms with van der Waals surface area (Å²) in [6, 6.07) is 2.61. The van der Waals surface area contributed by atoms with Crippen LogP contribution in [0.5, 0.6) is 0 Å². The van der Waals surface area contributed by atoms with Crippen LogP contribution < -0.4 is 5.32 Å². The van der Waals surface area contributed by atoms with Gasteiger partial charge >= 0.3 is 0 Å². The molecule has 1 aliphatic heterocycles. The van der Waals surface area contributed by atoms with Crippen LogP contribution in [-0.2, 0) is 0 Å². The molecule has 1 fully saturated rings. The Morgan fingerprint density at radius 2 is 2.24 bits per heavy atom. The van der Waals surface area contributed by atoms with Crippen molar-refractivity contribution in [3.63, 3.8) is 0 Å². The molecule has 0 radical (unpaired) electrons. The lowest BCUT2D eigenvalue weighted by atomic mass is 9.99. The molecule has 5 heteroatoms. The van der Waals surface area contributed by atoms with Gasteiger partial charge in [0.1, 0.15) is 5.69 Å². The van der Waals surface area contributed by atoms with Crippen molar-refractivity contribution in [1.82, 2.24) is 14.8 Å². The Kier molecular flexibility index (Phi) is 5.88. The van der Waals surface area contributed by atoms with E-state index in [0.717, 1.165) is 42.5 Å². The summed E-state index contributed by atoms with van der Waals surface area (Å²) in [5.41, 5.74) is 0.799. The largest absolute Gasteiger partial charge is 0.340 e. The van der Waals surface area contributed by atoms with Gasteiger partial charge in [-0.05, 0) is 75.1 Å². The Morgan fingerprint density at radius 1 is 1.48 bits per heavy atom. The van der Waals surface area contributed by atoms with Crippen molar-refractivity contribution >= 4 is 21.8 Å². The number of halogens is 1. The van der Waals surface area contributed by atoms with Gasteiger partial charge in [-0.25, -0.2) is 0 Å². The predicted molar refractivity (Wildman–Crippen MR) is 89.7 cm³/mol. The first kappa shape index (κ1) is 16.6. The number of rotatable bonds is 5.